The fourth-order valence-corrected chi connectivity index (χ4v) is 2.27. The van der Waals surface area contributed by atoms with Crippen molar-refractivity contribution in [3.05, 3.63) is 0 Å². The van der Waals surface area contributed by atoms with Crippen molar-refractivity contribution < 1.29 is 9.53 Å². The van der Waals surface area contributed by atoms with E-state index in [4.69, 9.17) is 10.5 Å². The third-order valence-corrected chi connectivity index (χ3v) is 3.36. The van der Waals surface area contributed by atoms with Crippen molar-refractivity contribution in [1.29, 1.82) is 0 Å². The summed E-state index contributed by atoms with van der Waals surface area (Å²) in [6.07, 6.45) is 2.17. The molecule has 0 saturated carbocycles. The summed E-state index contributed by atoms with van der Waals surface area (Å²) in [7, 11) is 1.64. The monoisotopic (exact) mass is 272 g/mol. The number of rotatable bonds is 8. The van der Waals surface area contributed by atoms with E-state index in [-0.39, 0.29) is 5.91 Å². The van der Waals surface area contributed by atoms with E-state index >= 15 is 0 Å². The molecular weight excluding hydrogens is 244 g/mol. The van der Waals surface area contributed by atoms with Crippen LogP contribution in [0.25, 0.3) is 0 Å². The molecule has 0 aromatic heterocycles. The van der Waals surface area contributed by atoms with Crippen LogP contribution in [-0.4, -0.2) is 81.8 Å². The molecule has 0 aromatic rings. The maximum Gasteiger partial charge on any atom is 0.234 e. The molecule has 1 saturated heterocycles. The zero-order valence-corrected chi connectivity index (χ0v) is 12.1. The Kier molecular flexibility index (Phi) is 8.73. The number of amides is 1. The molecule has 0 aromatic carbocycles. The largest absolute Gasteiger partial charge is 0.383 e. The number of methoxy groups -OCH3 is 1. The average molecular weight is 272 g/mol. The molecule has 3 N–H and O–H groups in total. The van der Waals surface area contributed by atoms with Gasteiger partial charge in [-0.2, -0.15) is 0 Å². The molecule has 112 valence electrons. The Balaban J connectivity index is 2.19. The second-order valence-corrected chi connectivity index (χ2v) is 4.96. The van der Waals surface area contributed by atoms with E-state index in [1.165, 1.54) is 0 Å². The Bertz CT molecular complexity index is 251. The number of carbonyl (C=O) groups is 1. The molecule has 1 heterocycles. The van der Waals surface area contributed by atoms with Gasteiger partial charge in [0, 0.05) is 26.7 Å². The Labute approximate surface area is 116 Å². The van der Waals surface area contributed by atoms with Crippen LogP contribution in [0, 0.1) is 0 Å². The minimum absolute atomic E-state index is 0.0902. The summed E-state index contributed by atoms with van der Waals surface area (Å²) in [6, 6.07) is 0. The van der Waals surface area contributed by atoms with Gasteiger partial charge in [0.1, 0.15) is 0 Å². The topological polar surface area (TPSA) is 70.8 Å². The van der Waals surface area contributed by atoms with E-state index in [2.05, 4.69) is 15.1 Å². The molecule has 6 nitrogen and oxygen atoms in total. The van der Waals surface area contributed by atoms with Crippen molar-refractivity contribution in [1.82, 2.24) is 15.1 Å². The first-order chi connectivity index (χ1) is 9.26. The molecule has 0 bridgehead atoms. The maximum absolute atomic E-state index is 11.7. The number of nitrogens with one attached hydrogen (secondary N) is 1. The third-order valence-electron chi connectivity index (χ3n) is 3.36. The summed E-state index contributed by atoms with van der Waals surface area (Å²) in [5.74, 6) is 0.0902. The lowest BCUT2D eigenvalue weighted by Gasteiger charge is -2.21. The van der Waals surface area contributed by atoms with E-state index in [1.807, 2.05) is 0 Å². The lowest BCUT2D eigenvalue weighted by atomic mass is 10.3. The standard InChI is InChI=1S/C13H28N4O2/c1-19-11-5-15-13(18)12-17-8-3-7-16(9-10-17)6-2-4-14/h2-12,14H2,1H3,(H,15,18). The number of nitrogens with zero attached hydrogens (tertiary/aromatic N) is 2. The smallest absolute Gasteiger partial charge is 0.234 e. The molecule has 1 fully saturated rings. The number of nitrogens with two attached hydrogens (primary N) is 1. The molecule has 1 amide bonds. The van der Waals surface area contributed by atoms with Crippen molar-refractivity contribution in [3.63, 3.8) is 0 Å². The minimum atomic E-state index is 0.0902. The molecule has 0 unspecified atom stereocenters. The van der Waals surface area contributed by atoms with Crippen LogP contribution in [-0.2, 0) is 9.53 Å². The lowest BCUT2D eigenvalue weighted by molar-refractivity contribution is -0.122. The van der Waals surface area contributed by atoms with Crippen LogP contribution >= 0.6 is 0 Å². The summed E-state index contributed by atoms with van der Waals surface area (Å²) in [5, 5.41) is 2.86. The van der Waals surface area contributed by atoms with Gasteiger partial charge in [-0.15, -0.1) is 0 Å². The first-order valence-corrected chi connectivity index (χ1v) is 7.16. The molecule has 19 heavy (non-hydrogen) atoms. The quantitative estimate of drug-likeness (QED) is 0.561. The van der Waals surface area contributed by atoms with Gasteiger partial charge < -0.3 is 20.7 Å². The minimum Gasteiger partial charge on any atom is -0.383 e. The van der Waals surface area contributed by atoms with E-state index in [0.717, 1.165) is 52.1 Å². The molecule has 0 radical (unpaired) electrons. The van der Waals surface area contributed by atoms with Gasteiger partial charge in [-0.25, -0.2) is 0 Å². The number of ether oxygens (including phenoxy) is 1. The molecular formula is C13H28N4O2. The predicted octanol–water partition coefficient (Wildman–Crippen LogP) is -0.894. The molecule has 6 heteroatoms. The van der Waals surface area contributed by atoms with Crippen molar-refractivity contribution in [2.75, 3.05) is 66.1 Å². The Morgan fingerprint density at radius 2 is 2.00 bits per heavy atom. The van der Waals surface area contributed by atoms with Crippen LogP contribution in [0.15, 0.2) is 0 Å². The molecule has 0 atom stereocenters. The SMILES string of the molecule is COCCNC(=O)CN1CCCN(CCCN)CC1. The Morgan fingerprint density at radius 1 is 1.26 bits per heavy atom. The predicted molar refractivity (Wildman–Crippen MR) is 76.1 cm³/mol. The van der Waals surface area contributed by atoms with Gasteiger partial charge in [-0.05, 0) is 39.0 Å². The fraction of sp³-hybridized carbons (Fsp3) is 0.923. The van der Waals surface area contributed by atoms with Crippen molar-refractivity contribution in [2.45, 2.75) is 12.8 Å². The van der Waals surface area contributed by atoms with Crippen LogP contribution in [0.2, 0.25) is 0 Å². The first-order valence-electron chi connectivity index (χ1n) is 7.16. The van der Waals surface area contributed by atoms with Gasteiger partial charge in [0.15, 0.2) is 0 Å². The van der Waals surface area contributed by atoms with Gasteiger partial charge in [0.2, 0.25) is 5.91 Å². The summed E-state index contributed by atoms with van der Waals surface area (Å²) >= 11 is 0. The van der Waals surface area contributed by atoms with Gasteiger partial charge in [-0.3, -0.25) is 9.69 Å². The van der Waals surface area contributed by atoms with Crippen LogP contribution in [0.4, 0.5) is 0 Å². The summed E-state index contributed by atoms with van der Waals surface area (Å²) in [4.78, 5) is 16.4. The third kappa shape index (κ3) is 7.47. The lowest BCUT2D eigenvalue weighted by Crippen LogP contribution is -2.40. The number of hydrogen-bond acceptors (Lipinski definition) is 5. The van der Waals surface area contributed by atoms with E-state index < -0.39 is 0 Å². The van der Waals surface area contributed by atoms with Crippen LogP contribution in [0.1, 0.15) is 12.8 Å². The van der Waals surface area contributed by atoms with Crippen molar-refractivity contribution in [3.8, 4) is 0 Å². The van der Waals surface area contributed by atoms with Gasteiger partial charge in [-0.1, -0.05) is 0 Å². The fourth-order valence-electron chi connectivity index (χ4n) is 2.27. The van der Waals surface area contributed by atoms with Gasteiger partial charge in [0.05, 0.1) is 13.2 Å². The zero-order chi connectivity index (χ0) is 13.9. The van der Waals surface area contributed by atoms with Crippen molar-refractivity contribution in [2.24, 2.45) is 5.73 Å². The molecule has 1 aliphatic heterocycles. The zero-order valence-electron chi connectivity index (χ0n) is 12.1. The molecule has 1 rings (SSSR count). The van der Waals surface area contributed by atoms with Crippen LogP contribution in [0.5, 0.6) is 0 Å². The summed E-state index contributed by atoms with van der Waals surface area (Å²) in [6.45, 7) is 7.58. The first kappa shape index (κ1) is 16.4. The highest BCUT2D eigenvalue weighted by Gasteiger charge is 2.16. The van der Waals surface area contributed by atoms with Crippen LogP contribution in [0.3, 0.4) is 0 Å². The average Bonchev–Trinajstić information content (AvgIpc) is 2.62. The number of carbonyl (C=O) groups excluding carboxylic acids is 1. The highest BCUT2D eigenvalue weighted by atomic mass is 16.5. The van der Waals surface area contributed by atoms with Crippen LogP contribution < -0.4 is 11.1 Å². The Morgan fingerprint density at radius 3 is 2.74 bits per heavy atom. The van der Waals surface area contributed by atoms with Gasteiger partial charge >= 0.3 is 0 Å². The van der Waals surface area contributed by atoms with Gasteiger partial charge in [0.25, 0.3) is 0 Å². The van der Waals surface area contributed by atoms with Crippen molar-refractivity contribution >= 4 is 5.91 Å². The summed E-state index contributed by atoms with van der Waals surface area (Å²) in [5.41, 5.74) is 5.54. The summed E-state index contributed by atoms with van der Waals surface area (Å²) < 4.78 is 4.91. The maximum atomic E-state index is 11.7. The molecule has 0 spiro atoms. The van der Waals surface area contributed by atoms with E-state index in [1.54, 1.807) is 7.11 Å². The number of hydrogen-bond donors (Lipinski definition) is 2. The molecule has 1 aliphatic rings. The van der Waals surface area contributed by atoms with E-state index in [9.17, 15) is 4.79 Å². The second-order valence-electron chi connectivity index (χ2n) is 4.96. The highest BCUT2D eigenvalue weighted by molar-refractivity contribution is 5.77. The molecule has 0 aliphatic carbocycles. The highest BCUT2D eigenvalue weighted by Crippen LogP contribution is 2.03. The van der Waals surface area contributed by atoms with E-state index in [0.29, 0.717) is 19.7 Å². The normalized spacial score (nSPS) is 18.2. The Hall–Kier alpha value is -0.690. The second kappa shape index (κ2) is 10.1.